The lowest BCUT2D eigenvalue weighted by molar-refractivity contribution is -0.137. The van der Waals surface area contributed by atoms with E-state index in [9.17, 15) is 18.0 Å². The standard InChI is InChI=1S/C23H12ClF3N2O2/c24-16-7-4-13(5-8-16)14-6-9-19-18(10-14)21-20(12-28-19)31-22(30)29(21)17-3-1-2-15(11-17)23(25,26)27/h1-12H. The average Bonchev–Trinajstić information content (AvgIpc) is 3.10. The second-order valence-corrected chi connectivity index (χ2v) is 7.40. The summed E-state index contributed by atoms with van der Waals surface area (Å²) >= 11 is 5.97. The molecule has 5 rings (SSSR count). The van der Waals surface area contributed by atoms with Gasteiger partial charge in [0.15, 0.2) is 5.58 Å². The van der Waals surface area contributed by atoms with Crippen LogP contribution in [0.1, 0.15) is 5.56 Å². The highest BCUT2D eigenvalue weighted by molar-refractivity contribution is 6.30. The fraction of sp³-hybridized carbons (Fsp3) is 0.0435. The maximum Gasteiger partial charge on any atom is 0.424 e. The van der Waals surface area contributed by atoms with Crippen molar-refractivity contribution in [2.75, 3.05) is 0 Å². The average molecular weight is 441 g/mol. The van der Waals surface area contributed by atoms with Crippen LogP contribution < -0.4 is 5.76 Å². The van der Waals surface area contributed by atoms with Crippen LogP contribution in [0.3, 0.4) is 0 Å². The molecule has 2 aromatic heterocycles. The van der Waals surface area contributed by atoms with Crippen LogP contribution in [-0.2, 0) is 6.18 Å². The molecular formula is C23H12ClF3N2O2. The molecule has 0 saturated carbocycles. The lowest BCUT2D eigenvalue weighted by Crippen LogP contribution is -2.13. The van der Waals surface area contributed by atoms with Crippen LogP contribution in [-0.4, -0.2) is 9.55 Å². The molecule has 0 N–H and O–H groups in total. The summed E-state index contributed by atoms with van der Waals surface area (Å²) in [5, 5.41) is 1.18. The normalized spacial score (nSPS) is 12.0. The van der Waals surface area contributed by atoms with Crippen molar-refractivity contribution >= 4 is 33.6 Å². The van der Waals surface area contributed by atoms with Crippen molar-refractivity contribution in [2.45, 2.75) is 6.18 Å². The van der Waals surface area contributed by atoms with Gasteiger partial charge in [0.2, 0.25) is 0 Å². The van der Waals surface area contributed by atoms with Gasteiger partial charge in [-0.15, -0.1) is 0 Å². The van der Waals surface area contributed by atoms with Crippen molar-refractivity contribution in [3.63, 3.8) is 0 Å². The second-order valence-electron chi connectivity index (χ2n) is 6.96. The first-order valence-electron chi connectivity index (χ1n) is 9.19. The number of pyridine rings is 1. The van der Waals surface area contributed by atoms with E-state index in [0.29, 0.717) is 21.4 Å². The molecule has 0 aliphatic heterocycles. The van der Waals surface area contributed by atoms with Gasteiger partial charge in [-0.05, 0) is 53.6 Å². The van der Waals surface area contributed by atoms with Crippen molar-refractivity contribution in [3.8, 4) is 16.8 Å². The zero-order valence-corrected chi connectivity index (χ0v) is 16.4. The zero-order valence-electron chi connectivity index (χ0n) is 15.7. The fourth-order valence-electron chi connectivity index (χ4n) is 3.57. The Morgan fingerprint density at radius 2 is 1.68 bits per heavy atom. The molecule has 0 unspecified atom stereocenters. The SMILES string of the molecule is O=c1oc2cnc3ccc(-c4ccc(Cl)cc4)cc3c2n1-c1cccc(C(F)(F)F)c1. The molecule has 0 aliphatic carbocycles. The minimum absolute atomic E-state index is 0.0583. The highest BCUT2D eigenvalue weighted by Gasteiger charge is 2.31. The number of hydrogen-bond acceptors (Lipinski definition) is 3. The Labute approximate surface area is 178 Å². The minimum atomic E-state index is -4.54. The van der Waals surface area contributed by atoms with Crippen LogP contribution in [0.15, 0.2) is 82.1 Å². The largest absolute Gasteiger partial charge is 0.424 e. The van der Waals surface area contributed by atoms with Crippen molar-refractivity contribution in [3.05, 3.63) is 94.1 Å². The summed E-state index contributed by atoms with van der Waals surface area (Å²) in [4.78, 5) is 16.9. The van der Waals surface area contributed by atoms with Crippen molar-refractivity contribution in [1.29, 1.82) is 0 Å². The molecule has 0 aliphatic rings. The van der Waals surface area contributed by atoms with Crippen LogP contribution in [0, 0.1) is 0 Å². The van der Waals surface area contributed by atoms with Gasteiger partial charge in [-0.25, -0.2) is 9.36 Å². The van der Waals surface area contributed by atoms with Crippen LogP contribution in [0.5, 0.6) is 0 Å². The van der Waals surface area contributed by atoms with E-state index in [1.165, 1.54) is 18.3 Å². The first-order valence-corrected chi connectivity index (χ1v) is 9.57. The summed E-state index contributed by atoms with van der Waals surface area (Å²) in [6.07, 6.45) is -3.14. The van der Waals surface area contributed by atoms with E-state index in [0.717, 1.165) is 27.8 Å². The smallest absolute Gasteiger partial charge is 0.406 e. The molecule has 0 bridgehead atoms. The number of benzene rings is 3. The van der Waals surface area contributed by atoms with Crippen LogP contribution >= 0.6 is 11.6 Å². The molecule has 5 aromatic rings. The molecule has 8 heteroatoms. The summed E-state index contributed by atoms with van der Waals surface area (Å²) in [6.45, 7) is 0. The second kappa shape index (κ2) is 6.99. The number of halogens is 4. The Morgan fingerprint density at radius 1 is 0.935 bits per heavy atom. The Kier molecular flexibility index (Phi) is 4.37. The monoisotopic (exact) mass is 440 g/mol. The summed E-state index contributed by atoms with van der Waals surface area (Å²) in [5.41, 5.74) is 2.04. The molecule has 0 fully saturated rings. The van der Waals surface area contributed by atoms with E-state index < -0.39 is 17.5 Å². The van der Waals surface area contributed by atoms with E-state index in [4.69, 9.17) is 16.0 Å². The van der Waals surface area contributed by atoms with Gasteiger partial charge in [0.1, 0.15) is 5.52 Å². The minimum Gasteiger partial charge on any atom is -0.406 e. The van der Waals surface area contributed by atoms with E-state index >= 15 is 0 Å². The van der Waals surface area contributed by atoms with E-state index in [1.807, 2.05) is 24.3 Å². The molecule has 0 saturated heterocycles. The summed E-state index contributed by atoms with van der Waals surface area (Å²) < 4.78 is 46.1. The summed E-state index contributed by atoms with van der Waals surface area (Å²) in [5.74, 6) is -0.791. The molecule has 0 amide bonds. The predicted octanol–water partition coefficient (Wildman–Crippen LogP) is 6.47. The zero-order chi connectivity index (χ0) is 21.8. The van der Waals surface area contributed by atoms with Gasteiger partial charge in [-0.1, -0.05) is 35.9 Å². The lowest BCUT2D eigenvalue weighted by atomic mass is 10.0. The van der Waals surface area contributed by atoms with Crippen molar-refractivity contribution < 1.29 is 17.6 Å². The third-order valence-corrected chi connectivity index (χ3v) is 5.27. The quantitative estimate of drug-likeness (QED) is 0.316. The number of alkyl halides is 3. The highest BCUT2D eigenvalue weighted by Crippen LogP contribution is 2.33. The van der Waals surface area contributed by atoms with E-state index in [1.54, 1.807) is 18.2 Å². The third-order valence-electron chi connectivity index (χ3n) is 5.02. The predicted molar refractivity (Wildman–Crippen MR) is 113 cm³/mol. The molecular weight excluding hydrogens is 429 g/mol. The summed E-state index contributed by atoms with van der Waals surface area (Å²) in [7, 11) is 0. The third kappa shape index (κ3) is 3.37. The first-order chi connectivity index (χ1) is 14.8. The number of oxazole rings is 1. The lowest BCUT2D eigenvalue weighted by Gasteiger charge is -2.10. The Morgan fingerprint density at radius 3 is 2.42 bits per heavy atom. The van der Waals surface area contributed by atoms with Crippen LogP contribution in [0.25, 0.3) is 38.8 Å². The molecule has 0 spiro atoms. The molecule has 31 heavy (non-hydrogen) atoms. The molecule has 2 heterocycles. The van der Waals surface area contributed by atoms with Gasteiger partial charge in [0.05, 0.1) is 23.0 Å². The number of rotatable bonds is 2. The number of hydrogen-bond donors (Lipinski definition) is 0. The van der Waals surface area contributed by atoms with Crippen molar-refractivity contribution in [1.82, 2.24) is 9.55 Å². The fourth-order valence-corrected chi connectivity index (χ4v) is 3.70. The molecule has 3 aromatic carbocycles. The van der Waals surface area contributed by atoms with Gasteiger partial charge >= 0.3 is 11.9 Å². The van der Waals surface area contributed by atoms with E-state index in [-0.39, 0.29) is 11.3 Å². The van der Waals surface area contributed by atoms with Gasteiger partial charge in [-0.3, -0.25) is 4.98 Å². The van der Waals surface area contributed by atoms with Gasteiger partial charge < -0.3 is 4.42 Å². The topological polar surface area (TPSA) is 48.0 Å². The van der Waals surface area contributed by atoms with Crippen molar-refractivity contribution in [2.24, 2.45) is 0 Å². The van der Waals surface area contributed by atoms with E-state index in [2.05, 4.69) is 4.98 Å². The summed E-state index contributed by atoms with van der Waals surface area (Å²) in [6, 6.07) is 17.3. The number of nitrogens with zero attached hydrogens (tertiary/aromatic N) is 2. The van der Waals surface area contributed by atoms with Gasteiger partial charge in [-0.2, -0.15) is 13.2 Å². The Hall–Kier alpha value is -3.58. The molecule has 154 valence electrons. The maximum absolute atomic E-state index is 13.2. The first kappa shape index (κ1) is 19.4. The molecule has 0 radical (unpaired) electrons. The van der Waals surface area contributed by atoms with Crippen LogP contribution in [0.2, 0.25) is 5.02 Å². The van der Waals surface area contributed by atoms with Gasteiger partial charge in [0.25, 0.3) is 0 Å². The Bertz CT molecular complexity index is 1500. The number of aromatic nitrogens is 2. The highest BCUT2D eigenvalue weighted by atomic mass is 35.5. The molecule has 0 atom stereocenters. The Balaban J connectivity index is 1.80. The maximum atomic E-state index is 13.2. The number of fused-ring (bicyclic) bond motifs is 3. The van der Waals surface area contributed by atoms with Gasteiger partial charge in [0, 0.05) is 10.4 Å². The van der Waals surface area contributed by atoms with Crippen LogP contribution in [0.4, 0.5) is 13.2 Å². The molecule has 4 nitrogen and oxygen atoms in total.